The highest BCUT2D eigenvalue weighted by atomic mass is 16.4. The summed E-state index contributed by atoms with van der Waals surface area (Å²) in [7, 11) is 0. The quantitative estimate of drug-likeness (QED) is 0.653. The molecule has 0 unspecified atom stereocenters. The second-order valence-corrected chi connectivity index (χ2v) is 5.75. The Morgan fingerprint density at radius 2 is 1.86 bits per heavy atom. The fourth-order valence-corrected chi connectivity index (χ4v) is 2.90. The maximum atomic E-state index is 10.3. The Morgan fingerprint density at radius 3 is 2.45 bits per heavy atom. The summed E-state index contributed by atoms with van der Waals surface area (Å²) in [5.74, 6) is -0.0904. The van der Waals surface area contributed by atoms with Crippen molar-refractivity contribution in [3.63, 3.8) is 0 Å². The molecule has 1 N–H and O–H groups in total. The fraction of sp³-hybridized carbons (Fsp3) is 0.368. The molecule has 3 heteroatoms. The van der Waals surface area contributed by atoms with Crippen LogP contribution < -0.4 is 0 Å². The molecule has 114 valence electrons. The molecule has 3 nitrogen and oxygen atoms in total. The molecule has 0 aromatic heterocycles. The van der Waals surface area contributed by atoms with Gasteiger partial charge in [0, 0.05) is 12.0 Å². The van der Waals surface area contributed by atoms with E-state index < -0.39 is 5.97 Å². The molecule has 0 heterocycles. The van der Waals surface area contributed by atoms with Crippen molar-refractivity contribution < 1.29 is 9.90 Å². The lowest BCUT2D eigenvalue weighted by Crippen LogP contribution is -2.11. The number of carbonyl (C=O) groups is 1. The van der Waals surface area contributed by atoms with Crippen LogP contribution in [0.1, 0.15) is 42.7 Å². The molecule has 1 aliphatic carbocycles. The van der Waals surface area contributed by atoms with Gasteiger partial charge in [-0.2, -0.15) is 5.26 Å². The first kappa shape index (κ1) is 16.0. The zero-order valence-electron chi connectivity index (χ0n) is 12.6. The lowest BCUT2D eigenvalue weighted by atomic mass is 9.79. The molecule has 0 saturated heterocycles. The van der Waals surface area contributed by atoms with Crippen molar-refractivity contribution in [1.82, 2.24) is 0 Å². The number of rotatable bonds is 5. The zero-order chi connectivity index (χ0) is 15.8. The number of allylic oxidation sites excluding steroid dienone is 3. The van der Waals surface area contributed by atoms with E-state index in [1.807, 2.05) is 6.08 Å². The van der Waals surface area contributed by atoms with Crippen LogP contribution in [0.2, 0.25) is 0 Å². The van der Waals surface area contributed by atoms with Crippen LogP contribution in [-0.2, 0) is 11.2 Å². The Morgan fingerprint density at radius 1 is 1.18 bits per heavy atom. The van der Waals surface area contributed by atoms with Crippen LogP contribution in [0.5, 0.6) is 0 Å². The summed E-state index contributed by atoms with van der Waals surface area (Å²) in [6, 6.07) is 11.0. The summed E-state index contributed by atoms with van der Waals surface area (Å²) in [5.41, 5.74) is 2.59. The maximum Gasteiger partial charge on any atom is 0.328 e. The van der Waals surface area contributed by atoms with Gasteiger partial charge in [0.25, 0.3) is 0 Å². The first-order valence-corrected chi connectivity index (χ1v) is 7.73. The van der Waals surface area contributed by atoms with Crippen molar-refractivity contribution in [3.05, 3.63) is 59.7 Å². The van der Waals surface area contributed by atoms with Gasteiger partial charge in [0.2, 0.25) is 0 Å². The number of hydrogen-bond acceptors (Lipinski definition) is 2. The summed E-state index contributed by atoms with van der Waals surface area (Å²) in [4.78, 5) is 10.3. The topological polar surface area (TPSA) is 61.1 Å². The van der Waals surface area contributed by atoms with Gasteiger partial charge in [-0.15, -0.1) is 0 Å². The third-order valence-corrected chi connectivity index (χ3v) is 4.20. The van der Waals surface area contributed by atoms with E-state index in [1.54, 1.807) is 6.08 Å². The monoisotopic (exact) mass is 295 g/mol. The molecule has 1 aliphatic rings. The minimum atomic E-state index is -0.930. The Labute approximate surface area is 131 Å². The maximum absolute atomic E-state index is 10.3. The van der Waals surface area contributed by atoms with E-state index in [0.29, 0.717) is 5.92 Å². The molecule has 0 bridgehead atoms. The summed E-state index contributed by atoms with van der Waals surface area (Å²) >= 11 is 0. The summed E-state index contributed by atoms with van der Waals surface area (Å²) in [5, 5.41) is 17.4. The molecule has 0 spiro atoms. The fourth-order valence-electron chi connectivity index (χ4n) is 2.90. The summed E-state index contributed by atoms with van der Waals surface area (Å²) in [6.07, 6.45) is 11.4. The normalized spacial score (nSPS) is 22.0. The first-order chi connectivity index (χ1) is 10.7. The number of aliphatic carboxylic acids is 1. The largest absolute Gasteiger partial charge is 0.478 e. The molecule has 1 saturated carbocycles. The number of benzene rings is 1. The van der Waals surface area contributed by atoms with Crippen LogP contribution in [0.3, 0.4) is 0 Å². The average Bonchev–Trinajstić information content (AvgIpc) is 2.55. The molecule has 1 fully saturated rings. The van der Waals surface area contributed by atoms with Crippen molar-refractivity contribution in [2.24, 2.45) is 5.92 Å². The highest BCUT2D eigenvalue weighted by molar-refractivity contribution is 5.80. The van der Waals surface area contributed by atoms with Gasteiger partial charge >= 0.3 is 5.97 Å². The minimum Gasteiger partial charge on any atom is -0.478 e. The van der Waals surface area contributed by atoms with Crippen molar-refractivity contribution >= 4 is 5.97 Å². The van der Waals surface area contributed by atoms with Gasteiger partial charge in [0.1, 0.15) is 0 Å². The minimum absolute atomic E-state index is 0.250. The van der Waals surface area contributed by atoms with E-state index in [4.69, 9.17) is 10.4 Å². The van der Waals surface area contributed by atoms with Crippen LogP contribution in [0.25, 0.3) is 0 Å². The number of carboxylic acid groups (broad SMARTS) is 1. The first-order valence-electron chi connectivity index (χ1n) is 7.73. The second kappa shape index (κ2) is 8.19. The molecule has 0 amide bonds. The van der Waals surface area contributed by atoms with E-state index in [9.17, 15) is 4.79 Å². The van der Waals surface area contributed by atoms with E-state index in [0.717, 1.165) is 38.2 Å². The van der Waals surface area contributed by atoms with Crippen LogP contribution >= 0.6 is 0 Å². The molecule has 1 aromatic carbocycles. The molecule has 2 rings (SSSR count). The number of nitriles is 1. The van der Waals surface area contributed by atoms with E-state index in [2.05, 4.69) is 30.3 Å². The van der Waals surface area contributed by atoms with Crippen molar-refractivity contribution in [3.8, 4) is 6.07 Å². The molecule has 0 radical (unpaired) electrons. The molecule has 0 aliphatic heterocycles. The Hall–Kier alpha value is -2.34. The predicted molar refractivity (Wildman–Crippen MR) is 86.4 cm³/mol. The number of carboxylic acids is 1. The van der Waals surface area contributed by atoms with Crippen molar-refractivity contribution in [2.75, 3.05) is 0 Å². The lowest BCUT2D eigenvalue weighted by molar-refractivity contribution is -0.131. The number of hydrogen-bond donors (Lipinski definition) is 1. The SMILES string of the molecule is N#C[C@H]1CC[C@H](c2ccc(C/C=C/C=C/C(=O)O)cc2)CC1. The third kappa shape index (κ3) is 4.89. The molecular formula is C19H21NO2. The summed E-state index contributed by atoms with van der Waals surface area (Å²) in [6.45, 7) is 0. The second-order valence-electron chi connectivity index (χ2n) is 5.75. The Balaban J connectivity index is 1.86. The van der Waals surface area contributed by atoms with Crippen LogP contribution in [-0.4, -0.2) is 11.1 Å². The third-order valence-electron chi connectivity index (χ3n) is 4.20. The molecular weight excluding hydrogens is 274 g/mol. The predicted octanol–water partition coefficient (Wildman–Crippen LogP) is 4.22. The highest BCUT2D eigenvalue weighted by Crippen LogP contribution is 2.35. The summed E-state index contributed by atoms with van der Waals surface area (Å²) < 4.78 is 0. The van der Waals surface area contributed by atoms with Crippen LogP contribution in [0.4, 0.5) is 0 Å². The average molecular weight is 295 g/mol. The number of nitrogens with zero attached hydrogens (tertiary/aromatic N) is 1. The van der Waals surface area contributed by atoms with Crippen LogP contribution in [0.15, 0.2) is 48.6 Å². The van der Waals surface area contributed by atoms with E-state index >= 15 is 0 Å². The molecule has 1 aromatic rings. The lowest BCUT2D eigenvalue weighted by Gasteiger charge is -2.25. The van der Waals surface area contributed by atoms with Gasteiger partial charge in [-0.3, -0.25) is 0 Å². The van der Waals surface area contributed by atoms with E-state index in [1.165, 1.54) is 17.2 Å². The Bertz CT molecular complexity index is 585. The van der Waals surface area contributed by atoms with Gasteiger partial charge in [-0.25, -0.2) is 4.79 Å². The van der Waals surface area contributed by atoms with Gasteiger partial charge in [0.05, 0.1) is 6.07 Å². The standard InChI is InChI=1S/C19H21NO2/c20-14-16-8-12-18(13-9-16)17-10-6-15(7-11-17)4-2-1-3-5-19(21)22/h1-3,5-7,10-11,16,18H,4,8-9,12-13H2,(H,21,22)/b2-1+,5-3+/t16-,18-. The van der Waals surface area contributed by atoms with Crippen molar-refractivity contribution in [1.29, 1.82) is 5.26 Å². The molecule has 0 atom stereocenters. The van der Waals surface area contributed by atoms with Crippen molar-refractivity contribution in [2.45, 2.75) is 38.0 Å². The molecule has 22 heavy (non-hydrogen) atoms. The van der Waals surface area contributed by atoms with Crippen LogP contribution in [0, 0.1) is 17.2 Å². The Kier molecular flexibility index (Phi) is 5.97. The van der Waals surface area contributed by atoms with E-state index in [-0.39, 0.29) is 5.92 Å². The van der Waals surface area contributed by atoms with Gasteiger partial charge in [-0.1, -0.05) is 42.5 Å². The smallest absolute Gasteiger partial charge is 0.328 e. The highest BCUT2D eigenvalue weighted by Gasteiger charge is 2.21. The van der Waals surface area contributed by atoms with Gasteiger partial charge in [-0.05, 0) is 49.1 Å². The van der Waals surface area contributed by atoms with Gasteiger partial charge < -0.3 is 5.11 Å². The zero-order valence-corrected chi connectivity index (χ0v) is 12.6. The van der Waals surface area contributed by atoms with Gasteiger partial charge in [0.15, 0.2) is 0 Å².